The van der Waals surface area contributed by atoms with Gasteiger partial charge in [0.15, 0.2) is 11.5 Å². The van der Waals surface area contributed by atoms with Gasteiger partial charge in [0.2, 0.25) is 35.3 Å². The standard InChI is InChI=1S/C74H95N7O14/c1-47(2)40-59-68(86)76-57(42-49-22-13-12-14-23-49)71(89)80(9)66(48(3)4)69(87)77-56(43-51-30-33-52-24-15-16-25-53(52)41-51)70(88)78(7)38-19-18-29-65(84)94-46-74(5,6)67(85)72(90)81-39-20-17-28-58(81)73(91)95-60(34-31-50-32-35-61(92-10)62(44-50)93-11)54-26-21-27-55(45-54)75-63(82)36-37-64(83)79(59)8/h12-16,18,21-27,29-30,32-33,35,41,44-45,47-48,56-60,66,69,77,87H,17,19-20,28,31,34,36-40,42-43,46H2,1-11H3,(H,75,82)(H,76,86)/t56-,57+,58-,59-,60+,66-,69?/m0/s1. The van der Waals surface area contributed by atoms with Crippen molar-refractivity contribution >= 4 is 69.6 Å². The van der Waals surface area contributed by atoms with E-state index in [0.717, 1.165) is 27.5 Å². The van der Waals surface area contributed by atoms with Crippen LogP contribution < -0.4 is 25.4 Å². The quantitative estimate of drug-likeness (QED) is 0.0676. The molecule has 4 N–H and O–H groups in total. The summed E-state index contributed by atoms with van der Waals surface area (Å²) in [5, 5.41) is 23.4. The van der Waals surface area contributed by atoms with Gasteiger partial charge in [-0.05, 0) is 134 Å². The average Bonchev–Trinajstić information content (AvgIpc) is 0.833. The molecule has 5 aromatic rings. The van der Waals surface area contributed by atoms with Crippen molar-refractivity contribution in [1.82, 2.24) is 30.2 Å². The van der Waals surface area contributed by atoms with E-state index in [1.54, 1.807) is 44.4 Å². The molecular formula is C74H95N7O14. The Bertz CT molecular complexity index is 3540. The number of hydrogen-bond acceptors (Lipinski definition) is 15. The molecule has 21 heteroatoms. The van der Waals surface area contributed by atoms with E-state index in [4.69, 9.17) is 18.9 Å². The molecule has 0 saturated carbocycles. The Kier molecular flexibility index (Phi) is 26.6. The first-order valence-electron chi connectivity index (χ1n) is 32.8. The number of cyclic esters (lactones) is 2. The summed E-state index contributed by atoms with van der Waals surface area (Å²) in [5.74, 6) is -5.38. The number of anilines is 1. The zero-order valence-electron chi connectivity index (χ0n) is 56.8. The van der Waals surface area contributed by atoms with Gasteiger partial charge in [-0.2, -0.15) is 0 Å². The second-order valence-corrected chi connectivity index (χ2v) is 26.2. The first kappa shape index (κ1) is 73.5. The van der Waals surface area contributed by atoms with Crippen LogP contribution in [0.1, 0.15) is 121 Å². The number of piperidine rings is 1. The number of carbonyl (C=O) groups excluding carboxylic acids is 9. The lowest BCUT2D eigenvalue weighted by Crippen LogP contribution is -2.62. The number of nitrogens with one attached hydrogen (secondary N) is 3. The van der Waals surface area contributed by atoms with Crippen LogP contribution in [0.3, 0.4) is 0 Å². The molecule has 2 aliphatic heterocycles. The highest BCUT2D eigenvalue weighted by molar-refractivity contribution is 6.38. The molecule has 2 heterocycles. The molecule has 1 unspecified atom stereocenters. The predicted octanol–water partition coefficient (Wildman–Crippen LogP) is 8.33. The van der Waals surface area contributed by atoms with Gasteiger partial charge in [-0.3, -0.25) is 38.9 Å². The third kappa shape index (κ3) is 20.3. The van der Waals surface area contributed by atoms with Crippen molar-refractivity contribution < 1.29 is 67.2 Å². The monoisotopic (exact) mass is 1310 g/mol. The molecule has 0 radical (unpaired) electrons. The smallest absolute Gasteiger partial charge is 0.330 e. The zero-order chi connectivity index (χ0) is 69.1. The van der Waals surface area contributed by atoms with E-state index in [0.29, 0.717) is 42.0 Å². The maximum absolute atomic E-state index is 15.2. The summed E-state index contributed by atoms with van der Waals surface area (Å²) in [6.45, 7) is 10.2. The van der Waals surface area contributed by atoms with Gasteiger partial charge in [0.1, 0.15) is 37.1 Å². The van der Waals surface area contributed by atoms with Crippen molar-refractivity contribution in [2.24, 2.45) is 17.3 Å². The minimum atomic E-state index is -1.52. The van der Waals surface area contributed by atoms with Crippen molar-refractivity contribution in [1.29, 1.82) is 0 Å². The van der Waals surface area contributed by atoms with Crippen LogP contribution in [-0.2, 0) is 71.9 Å². The number of benzene rings is 5. The van der Waals surface area contributed by atoms with Gasteiger partial charge in [-0.25, -0.2) is 9.59 Å². The molecule has 7 rings (SSSR count). The SMILES string of the molecule is COc1ccc(CC[C@H]2OC(=O)[C@@H]3CCCCN3C(=O)C(=O)C(C)(C)COC(=O)C=CCCN(C)C(=O)[C@H](Cc3ccc4ccccc4c3)NC(O)[C@H](C(C)C)N(C)C(=O)[C@@H](Cc3ccccc3)NC(=O)[C@H](CC(C)C)N(C)C(=O)CCC(=O)Nc3cccc2c3)cc1OC. The summed E-state index contributed by atoms with van der Waals surface area (Å²) in [7, 11) is 7.70. The Morgan fingerprint density at radius 1 is 0.695 bits per heavy atom. The van der Waals surface area contributed by atoms with Crippen LogP contribution in [0.2, 0.25) is 0 Å². The molecule has 21 nitrogen and oxygen atoms in total. The first-order valence-corrected chi connectivity index (χ1v) is 32.8. The van der Waals surface area contributed by atoms with Crippen molar-refractivity contribution in [3.8, 4) is 11.5 Å². The minimum absolute atomic E-state index is 0.0520. The molecular weight excluding hydrogens is 1210 g/mol. The van der Waals surface area contributed by atoms with Gasteiger partial charge in [0, 0.05) is 65.3 Å². The number of ketones is 1. The molecule has 0 spiro atoms. The number of likely N-dealkylation sites (N-methyl/N-ethyl adjacent to an activating group) is 3. The van der Waals surface area contributed by atoms with Crippen LogP contribution in [0.4, 0.5) is 5.69 Å². The molecule has 0 aromatic heterocycles. The molecule has 0 aliphatic carbocycles. The fourth-order valence-electron chi connectivity index (χ4n) is 12.2. The average molecular weight is 1310 g/mol. The van der Waals surface area contributed by atoms with E-state index in [2.05, 4.69) is 16.0 Å². The van der Waals surface area contributed by atoms with Crippen LogP contribution in [0.25, 0.3) is 10.8 Å². The number of aliphatic hydroxyl groups is 1. The van der Waals surface area contributed by atoms with Gasteiger partial charge in [0.05, 0.1) is 31.7 Å². The van der Waals surface area contributed by atoms with Crippen molar-refractivity contribution in [3.05, 3.63) is 150 Å². The Balaban J connectivity index is 1.21. The lowest BCUT2D eigenvalue weighted by Gasteiger charge is -2.39. The third-order valence-corrected chi connectivity index (χ3v) is 17.7. The summed E-state index contributed by atoms with van der Waals surface area (Å²) < 4.78 is 22.9. The molecule has 7 atom stereocenters. The van der Waals surface area contributed by atoms with Crippen LogP contribution in [0.15, 0.2) is 127 Å². The molecule has 1 saturated heterocycles. The Hall–Kier alpha value is -8.95. The van der Waals surface area contributed by atoms with E-state index < -0.39 is 114 Å². The molecule has 5 aromatic carbocycles. The normalized spacial score (nSPS) is 22.7. The molecule has 6 amide bonds. The fraction of sp³-hybridized carbons (Fsp3) is 0.473. The number of aryl methyl sites for hydroxylation is 1. The molecule has 2 aliphatic rings. The number of hydrogen-bond donors (Lipinski definition) is 4. The van der Waals surface area contributed by atoms with Crippen molar-refractivity contribution in [3.63, 3.8) is 0 Å². The molecule has 510 valence electrons. The lowest BCUT2D eigenvalue weighted by molar-refractivity contribution is -0.165. The lowest BCUT2D eigenvalue weighted by atomic mass is 9.87. The first-order chi connectivity index (χ1) is 45.3. The van der Waals surface area contributed by atoms with E-state index in [1.807, 2.05) is 113 Å². The Morgan fingerprint density at radius 2 is 1.39 bits per heavy atom. The Morgan fingerprint density at radius 3 is 2.09 bits per heavy atom. The van der Waals surface area contributed by atoms with Crippen LogP contribution in [0, 0.1) is 17.3 Å². The zero-order valence-corrected chi connectivity index (χ0v) is 56.8. The third-order valence-electron chi connectivity index (χ3n) is 17.7. The summed E-state index contributed by atoms with van der Waals surface area (Å²) in [6, 6.07) is 29.6. The highest BCUT2D eigenvalue weighted by Gasteiger charge is 2.43. The summed E-state index contributed by atoms with van der Waals surface area (Å²) in [5.41, 5.74) is 1.68. The van der Waals surface area contributed by atoms with E-state index in [9.17, 15) is 43.5 Å². The number of nitrogens with zero attached hydrogens (tertiary/aromatic N) is 4. The van der Waals surface area contributed by atoms with Gasteiger partial charge in [-0.15, -0.1) is 0 Å². The molecule has 2 bridgehead atoms. The van der Waals surface area contributed by atoms with Crippen LogP contribution in [-0.4, -0.2) is 169 Å². The summed E-state index contributed by atoms with van der Waals surface area (Å²) in [4.78, 5) is 134. The number of rotatable bonds is 12. The second kappa shape index (κ2) is 34.5. The largest absolute Gasteiger partial charge is 0.493 e. The second-order valence-electron chi connectivity index (χ2n) is 26.2. The van der Waals surface area contributed by atoms with Crippen molar-refractivity contribution in [2.45, 2.75) is 155 Å². The maximum atomic E-state index is 15.2. The predicted molar refractivity (Wildman–Crippen MR) is 362 cm³/mol. The minimum Gasteiger partial charge on any atom is -0.493 e. The topological polar surface area (TPSA) is 260 Å². The molecule has 1 fully saturated rings. The van der Waals surface area contributed by atoms with Crippen molar-refractivity contribution in [2.75, 3.05) is 60.4 Å². The number of methoxy groups -OCH3 is 2. The van der Waals surface area contributed by atoms with Gasteiger partial charge in [-0.1, -0.05) is 125 Å². The number of fused-ring (bicyclic) bond motifs is 4. The number of aliphatic hydroxyl groups excluding tert-OH is 1. The number of carbonyl (C=O) groups is 9. The van der Waals surface area contributed by atoms with E-state index >= 15 is 4.79 Å². The highest BCUT2D eigenvalue weighted by Crippen LogP contribution is 2.33. The Labute approximate surface area is 558 Å². The number of ether oxygens (including phenoxy) is 4. The van der Waals surface area contributed by atoms with Gasteiger partial charge >= 0.3 is 11.9 Å². The highest BCUT2D eigenvalue weighted by atomic mass is 16.5. The van der Waals surface area contributed by atoms with Crippen LogP contribution in [0.5, 0.6) is 11.5 Å². The summed E-state index contributed by atoms with van der Waals surface area (Å²) in [6.07, 6.45) is 2.19. The van der Waals surface area contributed by atoms with Gasteiger partial charge < -0.3 is 54.3 Å². The maximum Gasteiger partial charge on any atom is 0.330 e. The summed E-state index contributed by atoms with van der Waals surface area (Å²) >= 11 is 0. The van der Waals surface area contributed by atoms with E-state index in [-0.39, 0.29) is 70.4 Å². The van der Waals surface area contributed by atoms with Gasteiger partial charge in [0.25, 0.3) is 5.91 Å². The number of Topliss-reactive ketones (excluding diaryl/α,β-unsaturated/α-hetero) is 1. The fourth-order valence-corrected chi connectivity index (χ4v) is 12.2. The number of esters is 2. The van der Waals surface area contributed by atoms with E-state index in [1.165, 1.54) is 66.9 Å². The molecule has 95 heavy (non-hydrogen) atoms. The number of amides is 6. The van der Waals surface area contributed by atoms with Crippen LogP contribution >= 0.6 is 0 Å².